The van der Waals surface area contributed by atoms with Gasteiger partial charge in [-0.05, 0) is 12.8 Å². The van der Waals surface area contributed by atoms with Gasteiger partial charge in [0, 0.05) is 19.7 Å². The number of nitrogens with one attached hydrogen (secondary N) is 1. The van der Waals surface area contributed by atoms with Gasteiger partial charge in [0.05, 0.1) is 25.3 Å². The van der Waals surface area contributed by atoms with Gasteiger partial charge in [-0.3, -0.25) is 9.69 Å². The summed E-state index contributed by atoms with van der Waals surface area (Å²) >= 11 is 0. The van der Waals surface area contributed by atoms with Gasteiger partial charge in [-0.1, -0.05) is 0 Å². The summed E-state index contributed by atoms with van der Waals surface area (Å²) < 4.78 is 5.52. The summed E-state index contributed by atoms with van der Waals surface area (Å²) in [5, 5.41) is 11.8. The Hall–Kier alpha value is -0.650. The first-order valence-electron chi connectivity index (χ1n) is 5.52. The van der Waals surface area contributed by atoms with Crippen molar-refractivity contribution < 1.29 is 14.6 Å². The Bertz CT molecular complexity index is 229. The molecule has 5 nitrogen and oxygen atoms in total. The molecule has 2 saturated heterocycles. The van der Waals surface area contributed by atoms with Gasteiger partial charge in [-0.25, -0.2) is 0 Å². The van der Waals surface area contributed by atoms with Gasteiger partial charge < -0.3 is 15.2 Å². The van der Waals surface area contributed by atoms with Crippen LogP contribution in [0.3, 0.4) is 0 Å². The number of carbonyl (C=O) groups is 1. The first-order valence-corrected chi connectivity index (χ1v) is 5.52. The second-order valence-electron chi connectivity index (χ2n) is 4.28. The van der Waals surface area contributed by atoms with Crippen LogP contribution in [0, 0.1) is 0 Å². The fourth-order valence-electron chi connectivity index (χ4n) is 2.22. The lowest BCUT2D eigenvalue weighted by molar-refractivity contribution is -0.126. The number of aliphatic hydroxyl groups excluding tert-OH is 1. The predicted octanol–water partition coefficient (Wildman–Crippen LogP) is -1.04. The molecular weight excluding hydrogens is 196 g/mol. The Balaban J connectivity index is 1.82. The lowest BCUT2D eigenvalue weighted by Crippen LogP contribution is -2.56. The number of aliphatic hydroxyl groups is 1. The number of piperazine rings is 1. The molecule has 0 aliphatic carbocycles. The Morgan fingerprint density at radius 1 is 1.60 bits per heavy atom. The van der Waals surface area contributed by atoms with Crippen molar-refractivity contribution in [3.05, 3.63) is 0 Å². The van der Waals surface area contributed by atoms with Gasteiger partial charge in [0.1, 0.15) is 0 Å². The van der Waals surface area contributed by atoms with Crippen LogP contribution in [0.25, 0.3) is 0 Å². The van der Waals surface area contributed by atoms with Crippen LogP contribution in [-0.2, 0) is 9.53 Å². The average molecular weight is 214 g/mol. The van der Waals surface area contributed by atoms with Crippen LogP contribution in [0.5, 0.6) is 0 Å². The van der Waals surface area contributed by atoms with E-state index in [1.807, 2.05) is 0 Å². The molecule has 0 spiro atoms. The molecule has 5 heteroatoms. The van der Waals surface area contributed by atoms with E-state index >= 15 is 0 Å². The molecule has 0 aromatic rings. The zero-order valence-electron chi connectivity index (χ0n) is 8.82. The van der Waals surface area contributed by atoms with Crippen molar-refractivity contribution in [2.24, 2.45) is 0 Å². The maximum atomic E-state index is 11.3. The minimum Gasteiger partial charge on any atom is -0.394 e. The molecule has 86 valence electrons. The lowest BCUT2D eigenvalue weighted by atomic mass is 10.1. The van der Waals surface area contributed by atoms with E-state index in [0.717, 1.165) is 32.5 Å². The largest absolute Gasteiger partial charge is 0.394 e. The van der Waals surface area contributed by atoms with E-state index in [1.54, 1.807) is 0 Å². The molecule has 0 bridgehead atoms. The van der Waals surface area contributed by atoms with Crippen molar-refractivity contribution in [3.8, 4) is 0 Å². The number of nitrogens with zero attached hydrogens (tertiary/aromatic N) is 1. The number of carbonyl (C=O) groups excluding carboxylic acids is 1. The monoisotopic (exact) mass is 214 g/mol. The van der Waals surface area contributed by atoms with E-state index < -0.39 is 0 Å². The Morgan fingerprint density at radius 3 is 3.13 bits per heavy atom. The van der Waals surface area contributed by atoms with Gasteiger partial charge in [-0.2, -0.15) is 0 Å². The molecular formula is C10H18N2O3. The van der Waals surface area contributed by atoms with Gasteiger partial charge >= 0.3 is 0 Å². The lowest BCUT2D eigenvalue weighted by Gasteiger charge is -2.33. The molecule has 2 aliphatic rings. The van der Waals surface area contributed by atoms with E-state index in [-0.39, 0.29) is 24.7 Å². The second-order valence-corrected chi connectivity index (χ2v) is 4.28. The normalized spacial score (nSPS) is 33.0. The Labute approximate surface area is 89.4 Å². The summed E-state index contributed by atoms with van der Waals surface area (Å²) in [5.41, 5.74) is 0. The van der Waals surface area contributed by atoms with Gasteiger partial charge in [-0.15, -0.1) is 0 Å². The number of rotatable bonds is 3. The topological polar surface area (TPSA) is 61.8 Å². The summed E-state index contributed by atoms with van der Waals surface area (Å²) in [6.45, 7) is 2.81. The first kappa shape index (κ1) is 10.9. The summed E-state index contributed by atoms with van der Waals surface area (Å²) in [6, 6.07) is -0.118. The van der Waals surface area contributed by atoms with Crippen LogP contribution < -0.4 is 5.32 Å². The molecule has 2 aliphatic heterocycles. The van der Waals surface area contributed by atoms with Crippen LogP contribution in [0.1, 0.15) is 12.8 Å². The molecule has 0 aromatic carbocycles. The van der Waals surface area contributed by atoms with Crippen molar-refractivity contribution in [2.75, 3.05) is 32.8 Å². The molecule has 0 radical (unpaired) electrons. The number of hydrogen-bond acceptors (Lipinski definition) is 4. The predicted molar refractivity (Wildman–Crippen MR) is 54.4 cm³/mol. The fraction of sp³-hybridized carbons (Fsp3) is 0.900. The molecule has 0 saturated carbocycles. The third-order valence-corrected chi connectivity index (χ3v) is 2.92. The van der Waals surface area contributed by atoms with Crippen molar-refractivity contribution in [1.82, 2.24) is 10.2 Å². The van der Waals surface area contributed by atoms with Crippen LogP contribution in [-0.4, -0.2) is 60.9 Å². The first-order chi connectivity index (χ1) is 7.28. The van der Waals surface area contributed by atoms with E-state index in [4.69, 9.17) is 9.84 Å². The zero-order valence-corrected chi connectivity index (χ0v) is 8.82. The van der Waals surface area contributed by atoms with Gasteiger partial charge in [0.2, 0.25) is 5.91 Å². The van der Waals surface area contributed by atoms with Crippen LogP contribution in [0.2, 0.25) is 0 Å². The van der Waals surface area contributed by atoms with Crippen molar-refractivity contribution in [1.29, 1.82) is 0 Å². The summed E-state index contributed by atoms with van der Waals surface area (Å²) in [4.78, 5) is 13.4. The Kier molecular flexibility index (Phi) is 3.56. The molecule has 15 heavy (non-hydrogen) atoms. The van der Waals surface area contributed by atoms with E-state index in [9.17, 15) is 4.79 Å². The molecule has 2 fully saturated rings. The molecule has 2 atom stereocenters. The van der Waals surface area contributed by atoms with Crippen LogP contribution in [0.15, 0.2) is 0 Å². The summed E-state index contributed by atoms with van der Waals surface area (Å²) in [6.07, 6.45) is 2.48. The number of ether oxygens (including phenoxy) is 1. The van der Waals surface area contributed by atoms with Crippen molar-refractivity contribution in [3.63, 3.8) is 0 Å². The second kappa shape index (κ2) is 4.92. The maximum absolute atomic E-state index is 11.3. The van der Waals surface area contributed by atoms with Gasteiger partial charge in [0.25, 0.3) is 0 Å². The molecule has 2 N–H and O–H groups in total. The highest BCUT2D eigenvalue weighted by molar-refractivity contribution is 5.79. The zero-order chi connectivity index (χ0) is 10.7. The van der Waals surface area contributed by atoms with E-state index in [0.29, 0.717) is 6.54 Å². The average Bonchev–Trinajstić information content (AvgIpc) is 2.69. The highest BCUT2D eigenvalue weighted by Crippen LogP contribution is 2.14. The van der Waals surface area contributed by atoms with Crippen molar-refractivity contribution >= 4 is 5.91 Å². The Morgan fingerprint density at radius 2 is 2.47 bits per heavy atom. The quantitative estimate of drug-likeness (QED) is 0.630. The molecule has 0 aromatic heterocycles. The molecule has 1 amide bonds. The maximum Gasteiger partial charge on any atom is 0.234 e. The van der Waals surface area contributed by atoms with Crippen LogP contribution in [0.4, 0.5) is 0 Å². The third kappa shape index (κ3) is 2.90. The van der Waals surface area contributed by atoms with Crippen molar-refractivity contribution in [2.45, 2.75) is 25.0 Å². The minimum atomic E-state index is -0.118. The van der Waals surface area contributed by atoms with E-state index in [2.05, 4.69) is 10.2 Å². The molecule has 2 rings (SSSR count). The van der Waals surface area contributed by atoms with E-state index in [1.165, 1.54) is 0 Å². The molecule has 2 unspecified atom stereocenters. The van der Waals surface area contributed by atoms with Crippen LogP contribution >= 0.6 is 0 Å². The highest BCUT2D eigenvalue weighted by atomic mass is 16.5. The standard InChI is InChI=1S/C10H18N2O3/c13-7-8-4-12(6-10(14)11-8)5-9-2-1-3-15-9/h8-9,13H,1-7H2,(H,11,14). The highest BCUT2D eigenvalue weighted by Gasteiger charge is 2.27. The summed E-state index contributed by atoms with van der Waals surface area (Å²) in [7, 11) is 0. The summed E-state index contributed by atoms with van der Waals surface area (Å²) in [5.74, 6) is -0.00158. The molecule has 2 heterocycles. The smallest absolute Gasteiger partial charge is 0.234 e. The van der Waals surface area contributed by atoms with Gasteiger partial charge in [0.15, 0.2) is 0 Å². The number of hydrogen-bond donors (Lipinski definition) is 2. The number of amides is 1. The minimum absolute atomic E-state index is 0.00158. The fourth-order valence-corrected chi connectivity index (χ4v) is 2.22. The SMILES string of the molecule is O=C1CN(CC2CCCO2)CC(CO)N1. The third-order valence-electron chi connectivity index (χ3n) is 2.92.